The van der Waals surface area contributed by atoms with E-state index in [-0.39, 0.29) is 12.1 Å². The Morgan fingerprint density at radius 3 is 2.68 bits per heavy atom. The smallest absolute Gasteiger partial charge is 0.335 e. The molecule has 1 aromatic heterocycles. The minimum atomic E-state index is -0.909. The highest BCUT2D eigenvalue weighted by molar-refractivity contribution is 5.89. The molecule has 0 radical (unpaired) electrons. The fraction of sp³-hybridized carbons (Fsp3) is 0.400. The molecule has 1 fully saturated rings. The van der Waals surface area contributed by atoms with Gasteiger partial charge in [0, 0.05) is 47.5 Å². The Kier molecular flexibility index (Phi) is 6.18. The van der Waals surface area contributed by atoms with Crippen LogP contribution in [0.2, 0.25) is 0 Å². The Morgan fingerprint density at radius 2 is 2.00 bits per heavy atom. The van der Waals surface area contributed by atoms with Gasteiger partial charge in [0.15, 0.2) is 0 Å². The third-order valence-corrected chi connectivity index (χ3v) is 6.28. The number of fused-ring (bicyclic) bond motifs is 1. The maximum atomic E-state index is 11.3. The van der Waals surface area contributed by atoms with Crippen molar-refractivity contribution in [1.29, 1.82) is 0 Å². The summed E-state index contributed by atoms with van der Waals surface area (Å²) in [6.07, 6.45) is 5.00. The first-order valence-electron chi connectivity index (χ1n) is 10.9. The number of methoxy groups -OCH3 is 1. The number of carbonyl (C=O) groups is 1. The number of piperidine rings is 1. The number of nitrogens with zero attached hydrogens (tertiary/aromatic N) is 1. The van der Waals surface area contributed by atoms with E-state index in [9.17, 15) is 9.90 Å². The molecule has 2 N–H and O–H groups in total. The van der Waals surface area contributed by atoms with Crippen molar-refractivity contribution in [3.05, 3.63) is 59.3 Å². The van der Waals surface area contributed by atoms with Crippen molar-refractivity contribution in [3.63, 3.8) is 0 Å². The predicted octanol–water partition coefficient (Wildman–Crippen LogP) is 4.80. The number of hydrogen-bond donors (Lipinski definition) is 2. The van der Waals surface area contributed by atoms with Gasteiger partial charge in [-0.3, -0.25) is 0 Å². The second-order valence-corrected chi connectivity index (χ2v) is 8.16. The van der Waals surface area contributed by atoms with Gasteiger partial charge in [-0.05, 0) is 75.1 Å². The number of aryl methyl sites for hydroxylation is 1. The average molecular weight is 423 g/mol. The Labute approximate surface area is 182 Å². The number of aromatic amines is 1. The van der Waals surface area contributed by atoms with Crippen LogP contribution in [-0.4, -0.2) is 48.5 Å². The molecule has 2 heterocycles. The number of ether oxygens (including phenoxy) is 2. The molecule has 164 valence electrons. The number of rotatable bonds is 7. The molecule has 0 amide bonds. The lowest BCUT2D eigenvalue weighted by atomic mass is 9.91. The minimum Gasteiger partial charge on any atom is -0.496 e. The number of nitrogens with one attached hydrogen (secondary N) is 1. The van der Waals surface area contributed by atoms with Gasteiger partial charge in [-0.2, -0.15) is 0 Å². The van der Waals surface area contributed by atoms with Crippen LogP contribution in [0.4, 0.5) is 5.69 Å². The fourth-order valence-electron chi connectivity index (χ4n) is 4.75. The van der Waals surface area contributed by atoms with Gasteiger partial charge in [0.05, 0.1) is 18.8 Å². The molecule has 2 unspecified atom stereocenters. The van der Waals surface area contributed by atoms with E-state index in [2.05, 4.69) is 28.9 Å². The van der Waals surface area contributed by atoms with Crippen LogP contribution in [0.25, 0.3) is 10.9 Å². The van der Waals surface area contributed by atoms with E-state index in [1.54, 1.807) is 19.2 Å². The van der Waals surface area contributed by atoms with E-state index in [4.69, 9.17) is 9.47 Å². The third kappa shape index (κ3) is 4.26. The quantitative estimate of drug-likeness (QED) is 0.572. The number of benzene rings is 2. The van der Waals surface area contributed by atoms with E-state index in [0.717, 1.165) is 42.8 Å². The maximum absolute atomic E-state index is 11.3. The summed E-state index contributed by atoms with van der Waals surface area (Å²) < 4.78 is 11.7. The number of anilines is 1. The third-order valence-electron chi connectivity index (χ3n) is 6.28. The lowest BCUT2D eigenvalue weighted by Crippen LogP contribution is -2.47. The highest BCUT2D eigenvalue weighted by Gasteiger charge is 2.30. The Morgan fingerprint density at radius 1 is 1.23 bits per heavy atom. The van der Waals surface area contributed by atoms with Gasteiger partial charge in [-0.15, -0.1) is 0 Å². The molecular formula is C25H30N2O4. The van der Waals surface area contributed by atoms with Gasteiger partial charge in [0.1, 0.15) is 5.75 Å². The zero-order valence-corrected chi connectivity index (χ0v) is 18.4. The summed E-state index contributed by atoms with van der Waals surface area (Å²) in [6.45, 7) is 5.60. The van der Waals surface area contributed by atoms with Crippen molar-refractivity contribution in [3.8, 4) is 5.75 Å². The molecule has 4 rings (SSSR count). The van der Waals surface area contributed by atoms with Crippen LogP contribution in [0.1, 0.15) is 41.3 Å². The molecule has 0 spiro atoms. The molecule has 6 nitrogen and oxygen atoms in total. The molecule has 1 aliphatic heterocycles. The predicted molar refractivity (Wildman–Crippen MR) is 122 cm³/mol. The second-order valence-electron chi connectivity index (χ2n) is 8.16. The highest BCUT2D eigenvalue weighted by Crippen LogP contribution is 2.35. The monoisotopic (exact) mass is 422 g/mol. The van der Waals surface area contributed by atoms with Crippen molar-refractivity contribution >= 4 is 22.6 Å². The van der Waals surface area contributed by atoms with E-state index >= 15 is 0 Å². The number of H-pyrrole nitrogens is 1. The van der Waals surface area contributed by atoms with Crippen LogP contribution in [0.3, 0.4) is 0 Å². The first kappa shape index (κ1) is 21.2. The van der Waals surface area contributed by atoms with Crippen molar-refractivity contribution in [2.75, 3.05) is 25.2 Å². The number of carboxylic acids is 1. The van der Waals surface area contributed by atoms with Crippen LogP contribution < -0.4 is 9.64 Å². The second kappa shape index (κ2) is 9.02. The maximum Gasteiger partial charge on any atom is 0.335 e. The number of hydrogen-bond acceptors (Lipinski definition) is 4. The van der Waals surface area contributed by atoms with Crippen molar-refractivity contribution in [2.45, 2.75) is 45.3 Å². The van der Waals surface area contributed by atoms with Crippen LogP contribution in [-0.2, 0) is 11.2 Å². The largest absolute Gasteiger partial charge is 0.496 e. The molecule has 6 heteroatoms. The summed E-state index contributed by atoms with van der Waals surface area (Å²) in [7, 11) is 1.73. The van der Waals surface area contributed by atoms with Gasteiger partial charge in [-0.25, -0.2) is 4.79 Å². The molecule has 2 aromatic carbocycles. The Hall–Kier alpha value is -2.99. The van der Waals surface area contributed by atoms with E-state index in [1.165, 1.54) is 16.5 Å². The van der Waals surface area contributed by atoms with Gasteiger partial charge in [0.25, 0.3) is 0 Å². The summed E-state index contributed by atoms with van der Waals surface area (Å²) in [5.41, 5.74) is 4.85. The van der Waals surface area contributed by atoms with Crippen LogP contribution >= 0.6 is 0 Å². The summed E-state index contributed by atoms with van der Waals surface area (Å²) in [5, 5.41) is 10.5. The van der Waals surface area contributed by atoms with E-state index in [1.807, 2.05) is 25.3 Å². The molecule has 1 saturated heterocycles. The van der Waals surface area contributed by atoms with Gasteiger partial charge < -0.3 is 24.5 Å². The summed E-state index contributed by atoms with van der Waals surface area (Å²) >= 11 is 0. The van der Waals surface area contributed by atoms with Crippen LogP contribution in [0.5, 0.6) is 5.75 Å². The molecule has 3 aromatic rings. The number of carboxylic acid groups (broad SMARTS) is 1. The van der Waals surface area contributed by atoms with Gasteiger partial charge >= 0.3 is 5.97 Å². The SMILES string of the molecule is CCOC1CCC(Cc2c(OC)cc(C)c3[nH]ccc23)N(c2ccc(C(=O)O)cc2)C1. The molecule has 2 atom stereocenters. The molecule has 31 heavy (non-hydrogen) atoms. The molecule has 1 aliphatic rings. The van der Waals surface area contributed by atoms with Crippen molar-refractivity contribution < 1.29 is 19.4 Å². The zero-order valence-electron chi connectivity index (χ0n) is 18.4. The van der Waals surface area contributed by atoms with Crippen LogP contribution in [0.15, 0.2) is 42.6 Å². The van der Waals surface area contributed by atoms with Crippen LogP contribution in [0, 0.1) is 6.92 Å². The van der Waals surface area contributed by atoms with Crippen molar-refractivity contribution in [2.24, 2.45) is 0 Å². The molecular weight excluding hydrogens is 392 g/mol. The first-order chi connectivity index (χ1) is 15.0. The summed E-state index contributed by atoms with van der Waals surface area (Å²) in [6, 6.07) is 11.7. The Bertz CT molecular complexity index is 1060. The molecule has 0 aliphatic carbocycles. The lowest BCUT2D eigenvalue weighted by molar-refractivity contribution is 0.0465. The normalized spacial score (nSPS) is 19.0. The summed E-state index contributed by atoms with van der Waals surface area (Å²) in [5.74, 6) is 0.00545. The molecule has 0 bridgehead atoms. The molecule has 0 saturated carbocycles. The standard InChI is InChI=1S/C25H30N2O4/c1-4-31-20-10-9-19(27(15-20)18-7-5-17(6-8-18)25(28)29)14-22-21-11-12-26-24(21)16(2)13-23(22)30-3/h5-8,11-13,19-20,26H,4,9-10,14-15H2,1-3H3,(H,28,29). The number of aromatic nitrogens is 1. The van der Waals surface area contributed by atoms with Gasteiger partial charge in [-0.1, -0.05) is 0 Å². The highest BCUT2D eigenvalue weighted by atomic mass is 16.5. The minimum absolute atomic E-state index is 0.174. The van der Waals surface area contributed by atoms with E-state index in [0.29, 0.717) is 12.2 Å². The fourth-order valence-corrected chi connectivity index (χ4v) is 4.75. The zero-order chi connectivity index (χ0) is 22.0. The van der Waals surface area contributed by atoms with Crippen molar-refractivity contribution in [1.82, 2.24) is 4.98 Å². The Balaban J connectivity index is 1.69. The first-order valence-corrected chi connectivity index (χ1v) is 10.9. The van der Waals surface area contributed by atoms with E-state index < -0.39 is 5.97 Å². The summed E-state index contributed by atoms with van der Waals surface area (Å²) in [4.78, 5) is 17.0. The topological polar surface area (TPSA) is 74.8 Å². The van der Waals surface area contributed by atoms with Gasteiger partial charge in [0.2, 0.25) is 0 Å². The number of aromatic carboxylic acids is 1. The lowest BCUT2D eigenvalue weighted by Gasteiger charge is -2.41. The average Bonchev–Trinajstić information content (AvgIpc) is 3.27.